The first kappa shape index (κ1) is 15.7. The Morgan fingerprint density at radius 1 is 1.00 bits per heavy atom. The second kappa shape index (κ2) is 9.88. The van der Waals surface area contributed by atoms with Gasteiger partial charge in [-0.3, -0.25) is 9.97 Å². The standard InChI is InChI=1S/2C5H8N2.CH2O3/c2*1-2-7-4-3-6-5-7;2-1(3)4/h2*3-5H,2H2,1H3;(H2,2,3,4). The average molecular weight is 254 g/mol. The number of H-pyrrole nitrogens is 2. The quantitative estimate of drug-likeness (QED) is 0.618. The molecule has 2 aromatic heterocycles. The van der Waals surface area contributed by atoms with Gasteiger partial charge >= 0.3 is 0 Å². The van der Waals surface area contributed by atoms with Crippen molar-refractivity contribution in [2.75, 3.05) is 0 Å². The number of carboxylic acid groups (broad SMARTS) is 2. The van der Waals surface area contributed by atoms with Crippen molar-refractivity contribution < 1.29 is 24.1 Å². The number of aryl methyl sites for hydroxylation is 2. The van der Waals surface area contributed by atoms with Crippen LogP contribution < -0.4 is 19.3 Å². The summed E-state index contributed by atoms with van der Waals surface area (Å²) in [6.45, 7) is 6.30. The van der Waals surface area contributed by atoms with Crippen LogP contribution in [0.3, 0.4) is 0 Å². The van der Waals surface area contributed by atoms with Crippen LogP contribution in [0.25, 0.3) is 0 Å². The molecule has 0 amide bonds. The average Bonchev–Trinajstić information content (AvgIpc) is 3.02. The molecule has 2 rings (SSSR count). The van der Waals surface area contributed by atoms with Gasteiger partial charge in [-0.05, 0) is 20.0 Å². The second-order valence-corrected chi connectivity index (χ2v) is 3.13. The normalized spacial score (nSPS) is 8.56. The van der Waals surface area contributed by atoms with Crippen LogP contribution in [0.2, 0.25) is 0 Å². The van der Waals surface area contributed by atoms with E-state index >= 15 is 0 Å². The third kappa shape index (κ3) is 8.96. The van der Waals surface area contributed by atoms with Crippen molar-refractivity contribution in [3.05, 3.63) is 37.4 Å². The summed E-state index contributed by atoms with van der Waals surface area (Å²) in [4.78, 5) is 14.2. The lowest BCUT2D eigenvalue weighted by atomic mass is 10.7. The number of aromatic amines is 2. The van der Waals surface area contributed by atoms with Gasteiger partial charge in [0.15, 0.2) is 0 Å². The summed E-state index contributed by atoms with van der Waals surface area (Å²) in [5.74, 6) is 0. The molecule has 0 atom stereocenters. The molecule has 0 aliphatic carbocycles. The Hall–Kier alpha value is -2.31. The predicted molar refractivity (Wildman–Crippen MR) is 58.7 cm³/mol. The van der Waals surface area contributed by atoms with E-state index in [-0.39, 0.29) is 0 Å². The summed E-state index contributed by atoms with van der Waals surface area (Å²) in [5, 5.41) is 16.7. The molecule has 18 heavy (non-hydrogen) atoms. The maximum absolute atomic E-state index is 8.33. The molecule has 0 unspecified atom stereocenters. The topological polar surface area (TPSA) is 103 Å². The van der Waals surface area contributed by atoms with E-state index in [9.17, 15) is 0 Å². The Morgan fingerprint density at radius 3 is 1.44 bits per heavy atom. The van der Waals surface area contributed by atoms with Crippen LogP contribution in [-0.4, -0.2) is 16.1 Å². The SMILES string of the molecule is CC[n+]1cc[nH]c1.CC[n+]1cc[nH]c1.O=C([O-])[O-]. The van der Waals surface area contributed by atoms with E-state index in [1.54, 1.807) is 0 Å². The second-order valence-electron chi connectivity index (χ2n) is 3.13. The van der Waals surface area contributed by atoms with Gasteiger partial charge in [-0.2, -0.15) is 0 Å². The molecule has 7 nitrogen and oxygen atoms in total. The smallest absolute Gasteiger partial charge is 0.241 e. The minimum absolute atomic E-state index is 1.05. The van der Waals surface area contributed by atoms with Crippen molar-refractivity contribution >= 4 is 6.16 Å². The van der Waals surface area contributed by atoms with E-state index in [4.69, 9.17) is 15.0 Å². The molecule has 7 heteroatoms. The number of nitrogens with one attached hydrogen (secondary N) is 2. The first-order valence-electron chi connectivity index (χ1n) is 5.51. The number of hydrogen-bond donors (Lipinski definition) is 2. The summed E-state index contributed by atoms with van der Waals surface area (Å²) in [6.07, 6.45) is 9.34. The summed E-state index contributed by atoms with van der Waals surface area (Å²) in [7, 11) is 0. The molecular formula is C11H18N4O3. The number of hydrogen-bond acceptors (Lipinski definition) is 3. The van der Waals surface area contributed by atoms with E-state index in [1.165, 1.54) is 0 Å². The Bertz CT molecular complexity index is 360. The third-order valence-corrected chi connectivity index (χ3v) is 1.94. The van der Waals surface area contributed by atoms with Gasteiger partial charge in [0.05, 0.1) is 13.1 Å². The van der Waals surface area contributed by atoms with Crippen LogP contribution in [0.1, 0.15) is 13.8 Å². The third-order valence-electron chi connectivity index (χ3n) is 1.94. The van der Waals surface area contributed by atoms with Crippen molar-refractivity contribution in [1.82, 2.24) is 9.97 Å². The van der Waals surface area contributed by atoms with Gasteiger partial charge in [0, 0.05) is 0 Å². The van der Waals surface area contributed by atoms with Crippen LogP contribution >= 0.6 is 0 Å². The molecule has 0 radical (unpaired) electrons. The van der Waals surface area contributed by atoms with Crippen LogP contribution in [0.4, 0.5) is 4.79 Å². The van der Waals surface area contributed by atoms with Gasteiger partial charge in [0.25, 0.3) is 0 Å². The number of carbonyl (C=O) groups is 1. The van der Waals surface area contributed by atoms with Crippen molar-refractivity contribution in [2.45, 2.75) is 26.9 Å². The summed E-state index contributed by atoms with van der Waals surface area (Å²) in [5.41, 5.74) is 0. The fraction of sp³-hybridized carbons (Fsp3) is 0.364. The first-order chi connectivity index (χ1) is 8.60. The lowest BCUT2D eigenvalue weighted by Crippen LogP contribution is -2.37. The molecule has 0 bridgehead atoms. The molecule has 0 aliphatic heterocycles. The number of rotatable bonds is 2. The molecule has 2 N–H and O–H groups in total. The molecular weight excluding hydrogens is 236 g/mol. The van der Waals surface area contributed by atoms with Crippen molar-refractivity contribution in [3.63, 3.8) is 0 Å². The van der Waals surface area contributed by atoms with Gasteiger partial charge in [-0.15, -0.1) is 0 Å². The molecule has 0 spiro atoms. The minimum Gasteiger partial charge on any atom is -0.652 e. The van der Waals surface area contributed by atoms with Gasteiger partial charge in [0.2, 0.25) is 12.7 Å². The molecule has 0 saturated carbocycles. The van der Waals surface area contributed by atoms with Gasteiger partial charge in [-0.25, -0.2) is 9.13 Å². The van der Waals surface area contributed by atoms with Crippen LogP contribution in [0, 0.1) is 0 Å². The van der Waals surface area contributed by atoms with E-state index in [1.807, 2.05) is 37.4 Å². The highest BCUT2D eigenvalue weighted by Gasteiger charge is 1.86. The highest BCUT2D eigenvalue weighted by atomic mass is 16.6. The van der Waals surface area contributed by atoms with Crippen molar-refractivity contribution in [3.8, 4) is 0 Å². The maximum atomic E-state index is 8.33. The predicted octanol–water partition coefficient (Wildman–Crippen LogP) is -1.80. The fourth-order valence-corrected chi connectivity index (χ4v) is 1.03. The maximum Gasteiger partial charge on any atom is 0.241 e. The van der Waals surface area contributed by atoms with Crippen LogP contribution in [-0.2, 0) is 13.1 Å². The number of nitrogens with zero attached hydrogens (tertiary/aromatic N) is 2. The zero-order chi connectivity index (χ0) is 13.8. The van der Waals surface area contributed by atoms with Gasteiger partial charge < -0.3 is 15.0 Å². The van der Waals surface area contributed by atoms with E-state index < -0.39 is 6.16 Å². The van der Waals surface area contributed by atoms with Crippen LogP contribution in [0.15, 0.2) is 37.4 Å². The number of carbonyl (C=O) groups excluding carboxylic acids is 1. The molecule has 100 valence electrons. The summed E-state index contributed by atoms with van der Waals surface area (Å²) < 4.78 is 4.14. The van der Waals surface area contributed by atoms with Gasteiger partial charge in [0.1, 0.15) is 24.8 Å². The fourth-order valence-electron chi connectivity index (χ4n) is 1.03. The van der Waals surface area contributed by atoms with E-state index in [0.29, 0.717) is 0 Å². The van der Waals surface area contributed by atoms with Gasteiger partial charge in [-0.1, -0.05) is 0 Å². The molecule has 0 saturated heterocycles. The van der Waals surface area contributed by atoms with E-state index in [2.05, 4.69) is 32.9 Å². The number of aromatic nitrogens is 4. The van der Waals surface area contributed by atoms with E-state index in [0.717, 1.165) is 13.1 Å². The molecule has 2 heterocycles. The van der Waals surface area contributed by atoms with Crippen molar-refractivity contribution in [2.24, 2.45) is 0 Å². The Morgan fingerprint density at radius 2 is 1.33 bits per heavy atom. The lowest BCUT2D eigenvalue weighted by Gasteiger charge is -1.96. The zero-order valence-electron chi connectivity index (χ0n) is 10.5. The highest BCUT2D eigenvalue weighted by molar-refractivity contribution is 5.47. The lowest BCUT2D eigenvalue weighted by molar-refractivity contribution is -0.692. The zero-order valence-corrected chi connectivity index (χ0v) is 10.5. The first-order valence-corrected chi connectivity index (χ1v) is 5.51. The molecule has 0 fully saturated rings. The number of imidazole rings is 2. The summed E-state index contributed by atoms with van der Waals surface area (Å²) >= 11 is 0. The highest BCUT2D eigenvalue weighted by Crippen LogP contribution is 1.66. The largest absolute Gasteiger partial charge is 0.652 e. The minimum atomic E-state index is -2.33. The Labute approximate surface area is 105 Å². The van der Waals surface area contributed by atoms with Crippen LogP contribution in [0.5, 0.6) is 0 Å². The molecule has 0 aliphatic rings. The molecule has 0 aromatic carbocycles. The summed E-state index contributed by atoms with van der Waals surface area (Å²) in [6, 6.07) is 0. The van der Waals surface area contributed by atoms with Crippen molar-refractivity contribution in [1.29, 1.82) is 0 Å². The molecule has 2 aromatic rings. The Balaban J connectivity index is 0.000000253. The Kier molecular flexibility index (Phi) is 8.62. The monoisotopic (exact) mass is 254 g/mol.